The molecule has 20 heavy (non-hydrogen) atoms. The van der Waals surface area contributed by atoms with Crippen molar-refractivity contribution < 1.29 is 9.53 Å². The summed E-state index contributed by atoms with van der Waals surface area (Å²) in [5, 5.41) is 2.92. The number of halogens is 1. The number of rotatable bonds is 4. The van der Waals surface area contributed by atoms with Crippen LogP contribution in [0.25, 0.3) is 0 Å². The molecule has 0 saturated heterocycles. The molecule has 0 aliphatic heterocycles. The Labute approximate surface area is 126 Å². The van der Waals surface area contributed by atoms with Crippen molar-refractivity contribution in [2.75, 3.05) is 7.11 Å². The first-order valence-corrected chi connectivity index (χ1v) is 6.96. The number of nitrogens with one attached hydrogen (secondary N) is 1. The molecule has 1 N–H and O–H groups in total. The lowest BCUT2D eigenvalue weighted by molar-refractivity contribution is 0.0938. The molecule has 0 radical (unpaired) electrons. The highest BCUT2D eigenvalue weighted by Gasteiger charge is 2.15. The number of aromatic nitrogens is 1. The van der Waals surface area contributed by atoms with E-state index in [-0.39, 0.29) is 11.9 Å². The lowest BCUT2D eigenvalue weighted by Gasteiger charge is -2.14. The fourth-order valence-corrected chi connectivity index (χ4v) is 2.21. The first-order chi connectivity index (χ1) is 9.61. The van der Waals surface area contributed by atoms with E-state index in [1.165, 1.54) is 0 Å². The van der Waals surface area contributed by atoms with E-state index in [1.54, 1.807) is 31.5 Å². The molecule has 0 bridgehead atoms. The summed E-state index contributed by atoms with van der Waals surface area (Å²) in [4.78, 5) is 16.5. The zero-order valence-electron chi connectivity index (χ0n) is 11.3. The number of ether oxygens (including phenoxy) is 1. The van der Waals surface area contributed by atoms with Crippen molar-refractivity contribution >= 4 is 21.8 Å². The SMILES string of the molecule is COc1ccc(Br)c(C(=O)NC(C)c2ccccn2)c1. The van der Waals surface area contributed by atoms with Crippen LogP contribution >= 0.6 is 15.9 Å². The minimum absolute atomic E-state index is 0.165. The van der Waals surface area contributed by atoms with Gasteiger partial charge in [-0.1, -0.05) is 6.07 Å². The zero-order valence-corrected chi connectivity index (χ0v) is 12.8. The van der Waals surface area contributed by atoms with Crippen LogP contribution in [-0.2, 0) is 0 Å². The number of benzene rings is 1. The van der Waals surface area contributed by atoms with Gasteiger partial charge in [0.25, 0.3) is 5.91 Å². The van der Waals surface area contributed by atoms with Crippen LogP contribution in [0.1, 0.15) is 29.0 Å². The third kappa shape index (κ3) is 3.36. The van der Waals surface area contributed by atoms with Gasteiger partial charge >= 0.3 is 0 Å². The van der Waals surface area contributed by atoms with Crippen molar-refractivity contribution in [1.82, 2.24) is 10.3 Å². The standard InChI is InChI=1S/C15H15BrN2O2/c1-10(14-5-3-4-8-17-14)18-15(19)12-9-11(20-2)6-7-13(12)16/h3-10H,1-2H3,(H,18,19). The van der Waals surface area contributed by atoms with E-state index < -0.39 is 0 Å². The first-order valence-electron chi connectivity index (χ1n) is 6.17. The number of pyridine rings is 1. The molecular formula is C15H15BrN2O2. The Bertz CT molecular complexity index is 602. The van der Waals surface area contributed by atoms with Crippen molar-refractivity contribution in [2.24, 2.45) is 0 Å². The molecule has 4 nitrogen and oxygen atoms in total. The van der Waals surface area contributed by atoms with Gasteiger partial charge in [-0.2, -0.15) is 0 Å². The van der Waals surface area contributed by atoms with E-state index >= 15 is 0 Å². The van der Waals surface area contributed by atoms with Crippen LogP contribution in [0.5, 0.6) is 5.75 Å². The molecule has 1 aromatic carbocycles. The second-order valence-corrected chi connectivity index (χ2v) is 5.15. The molecular weight excluding hydrogens is 320 g/mol. The van der Waals surface area contributed by atoms with Gasteiger partial charge < -0.3 is 10.1 Å². The average molecular weight is 335 g/mol. The number of carbonyl (C=O) groups excluding carboxylic acids is 1. The lowest BCUT2D eigenvalue weighted by atomic mass is 10.1. The molecule has 1 aromatic heterocycles. The number of hydrogen-bond acceptors (Lipinski definition) is 3. The van der Waals surface area contributed by atoms with Gasteiger partial charge in [0.15, 0.2) is 0 Å². The van der Waals surface area contributed by atoms with Crippen LogP contribution in [-0.4, -0.2) is 18.0 Å². The molecule has 0 saturated carbocycles. The van der Waals surface area contributed by atoms with Crippen molar-refractivity contribution in [2.45, 2.75) is 13.0 Å². The van der Waals surface area contributed by atoms with Gasteiger partial charge in [0.2, 0.25) is 0 Å². The molecule has 0 fully saturated rings. The molecule has 1 heterocycles. The highest BCUT2D eigenvalue weighted by atomic mass is 79.9. The number of hydrogen-bond donors (Lipinski definition) is 1. The normalized spacial score (nSPS) is 11.8. The number of carbonyl (C=O) groups is 1. The Morgan fingerprint density at radius 2 is 2.15 bits per heavy atom. The Hall–Kier alpha value is -1.88. The maximum atomic E-state index is 12.3. The summed E-state index contributed by atoms with van der Waals surface area (Å²) in [6, 6.07) is 10.7. The van der Waals surface area contributed by atoms with E-state index in [0.717, 1.165) is 10.2 Å². The minimum Gasteiger partial charge on any atom is -0.497 e. The maximum absolute atomic E-state index is 12.3. The summed E-state index contributed by atoms with van der Waals surface area (Å²) in [7, 11) is 1.57. The largest absolute Gasteiger partial charge is 0.497 e. The predicted molar refractivity (Wildman–Crippen MR) is 80.8 cm³/mol. The fraction of sp³-hybridized carbons (Fsp3) is 0.200. The molecule has 0 aliphatic rings. The smallest absolute Gasteiger partial charge is 0.253 e. The topological polar surface area (TPSA) is 51.2 Å². The summed E-state index contributed by atoms with van der Waals surface area (Å²) >= 11 is 3.37. The quantitative estimate of drug-likeness (QED) is 0.932. The molecule has 5 heteroatoms. The Morgan fingerprint density at radius 1 is 1.35 bits per heavy atom. The predicted octanol–water partition coefficient (Wildman–Crippen LogP) is 3.34. The van der Waals surface area contributed by atoms with Crippen molar-refractivity contribution in [1.29, 1.82) is 0 Å². The number of methoxy groups -OCH3 is 1. The van der Waals surface area contributed by atoms with Gasteiger partial charge in [0.1, 0.15) is 5.75 Å². The van der Waals surface area contributed by atoms with Gasteiger partial charge in [-0.05, 0) is 53.2 Å². The van der Waals surface area contributed by atoms with Crippen LogP contribution in [0.4, 0.5) is 0 Å². The number of amides is 1. The van der Waals surface area contributed by atoms with Gasteiger partial charge in [0, 0.05) is 10.7 Å². The van der Waals surface area contributed by atoms with Crippen molar-refractivity contribution in [3.8, 4) is 5.75 Å². The van der Waals surface area contributed by atoms with Gasteiger partial charge in [-0.25, -0.2) is 0 Å². The maximum Gasteiger partial charge on any atom is 0.253 e. The molecule has 1 atom stereocenters. The van der Waals surface area contributed by atoms with Crippen molar-refractivity contribution in [3.63, 3.8) is 0 Å². The molecule has 2 rings (SSSR count). The van der Waals surface area contributed by atoms with Crippen LogP contribution in [0, 0.1) is 0 Å². The molecule has 2 aromatic rings. The van der Waals surface area contributed by atoms with E-state index in [1.807, 2.05) is 25.1 Å². The van der Waals surface area contributed by atoms with Crippen molar-refractivity contribution in [3.05, 3.63) is 58.3 Å². The highest BCUT2D eigenvalue weighted by molar-refractivity contribution is 9.10. The molecule has 104 valence electrons. The van der Waals surface area contributed by atoms with E-state index in [9.17, 15) is 4.79 Å². The fourth-order valence-electron chi connectivity index (χ4n) is 1.79. The van der Waals surface area contributed by atoms with E-state index in [4.69, 9.17) is 4.74 Å². The summed E-state index contributed by atoms with van der Waals surface area (Å²) in [6.07, 6.45) is 1.71. The second kappa shape index (κ2) is 6.52. The number of nitrogens with zero attached hydrogens (tertiary/aromatic N) is 1. The summed E-state index contributed by atoms with van der Waals surface area (Å²) in [6.45, 7) is 1.90. The molecule has 0 aliphatic carbocycles. The molecule has 1 amide bonds. The van der Waals surface area contributed by atoms with Gasteiger partial charge in [-0.15, -0.1) is 0 Å². The zero-order chi connectivity index (χ0) is 14.5. The van der Waals surface area contributed by atoms with Gasteiger partial charge in [0.05, 0.1) is 24.4 Å². The monoisotopic (exact) mass is 334 g/mol. The summed E-state index contributed by atoms with van der Waals surface area (Å²) in [5.41, 5.74) is 1.35. The van der Waals surface area contributed by atoms with Crippen LogP contribution < -0.4 is 10.1 Å². The second-order valence-electron chi connectivity index (χ2n) is 4.30. The minimum atomic E-state index is -0.172. The average Bonchev–Trinajstić information content (AvgIpc) is 2.48. The van der Waals surface area contributed by atoms with Crippen LogP contribution in [0.3, 0.4) is 0 Å². The third-order valence-electron chi connectivity index (χ3n) is 2.90. The first kappa shape index (κ1) is 14.5. The Morgan fingerprint density at radius 3 is 2.80 bits per heavy atom. The van der Waals surface area contributed by atoms with E-state index in [2.05, 4.69) is 26.2 Å². The Kier molecular flexibility index (Phi) is 4.74. The summed E-state index contributed by atoms with van der Waals surface area (Å²) < 4.78 is 5.86. The van der Waals surface area contributed by atoms with Gasteiger partial charge in [-0.3, -0.25) is 9.78 Å². The highest BCUT2D eigenvalue weighted by Crippen LogP contribution is 2.23. The van der Waals surface area contributed by atoms with Crippen LogP contribution in [0.15, 0.2) is 47.1 Å². The Balaban J connectivity index is 2.16. The molecule has 1 unspecified atom stereocenters. The van der Waals surface area contributed by atoms with E-state index in [0.29, 0.717) is 11.3 Å². The van der Waals surface area contributed by atoms with Crippen LogP contribution in [0.2, 0.25) is 0 Å². The molecule has 0 spiro atoms. The third-order valence-corrected chi connectivity index (χ3v) is 3.59. The summed E-state index contributed by atoms with van der Waals surface area (Å²) in [5.74, 6) is 0.470. The lowest BCUT2D eigenvalue weighted by Crippen LogP contribution is -2.27.